The van der Waals surface area contributed by atoms with Crippen molar-refractivity contribution in [1.82, 2.24) is 20.2 Å². The molecule has 8 nitrogen and oxygen atoms in total. The molecule has 0 saturated heterocycles. The van der Waals surface area contributed by atoms with Gasteiger partial charge < -0.3 is 15.2 Å². The van der Waals surface area contributed by atoms with E-state index in [2.05, 4.69) is 20.2 Å². The van der Waals surface area contributed by atoms with E-state index in [1.54, 1.807) is 0 Å². The first-order chi connectivity index (χ1) is 9.00. The van der Waals surface area contributed by atoms with Gasteiger partial charge >= 0.3 is 0 Å². The Hall–Kier alpha value is -1.71. The Kier molecular flexibility index (Phi) is 3.98. The van der Waals surface area contributed by atoms with Gasteiger partial charge in [-0.05, 0) is 0 Å². The average molecular weight is 284 g/mol. The van der Waals surface area contributed by atoms with Gasteiger partial charge in [0.2, 0.25) is 0 Å². The number of carbonyl (C=O) groups excluding carboxylic acids is 1. The van der Waals surface area contributed by atoms with E-state index in [1.165, 1.54) is 13.3 Å². The fourth-order valence-corrected chi connectivity index (χ4v) is 2.17. The lowest BCUT2D eigenvalue weighted by molar-refractivity contribution is -0.109. The zero-order valence-corrected chi connectivity index (χ0v) is 10.8. The van der Waals surface area contributed by atoms with Crippen LogP contribution >= 0.6 is 11.8 Å². The number of aromatic amines is 2. The molecule has 2 aromatic heterocycles. The number of fused-ring (bicyclic) bond motifs is 1. The van der Waals surface area contributed by atoms with Crippen LogP contribution in [0.2, 0.25) is 0 Å². The molecule has 2 rings (SSSR count). The summed E-state index contributed by atoms with van der Waals surface area (Å²) in [5, 5.41) is 26.0. The van der Waals surface area contributed by atoms with Gasteiger partial charge in [-0.2, -0.15) is 5.10 Å². The molecule has 2 unspecified atom stereocenters. The van der Waals surface area contributed by atoms with Crippen LogP contribution in [-0.2, 0) is 4.79 Å². The number of rotatable bonds is 4. The van der Waals surface area contributed by atoms with Crippen molar-refractivity contribution in [2.24, 2.45) is 0 Å². The second kappa shape index (κ2) is 5.51. The van der Waals surface area contributed by atoms with E-state index in [9.17, 15) is 19.8 Å². The van der Waals surface area contributed by atoms with Gasteiger partial charge in [-0.3, -0.25) is 14.7 Å². The monoisotopic (exact) mass is 284 g/mol. The number of nitrogens with one attached hydrogen (secondary N) is 2. The average Bonchev–Trinajstić information content (AvgIpc) is 2.80. The first-order valence-corrected chi connectivity index (χ1v) is 6.40. The number of aromatic nitrogens is 4. The summed E-state index contributed by atoms with van der Waals surface area (Å²) in [5.74, 6) is 0.0230. The molecule has 0 saturated carbocycles. The second-order valence-corrected chi connectivity index (χ2v) is 5.08. The van der Waals surface area contributed by atoms with Crippen LogP contribution in [0.3, 0.4) is 0 Å². The van der Waals surface area contributed by atoms with Crippen LogP contribution in [0, 0.1) is 0 Å². The number of thioether (sulfide) groups is 1. The van der Waals surface area contributed by atoms with Crippen LogP contribution in [0.5, 0.6) is 0 Å². The van der Waals surface area contributed by atoms with Gasteiger partial charge in [0, 0.05) is 12.7 Å². The molecule has 0 spiro atoms. The van der Waals surface area contributed by atoms with Crippen molar-refractivity contribution in [3.05, 3.63) is 22.4 Å². The normalized spacial score (nSPS) is 14.5. The van der Waals surface area contributed by atoms with Crippen LogP contribution in [0.4, 0.5) is 0 Å². The molecule has 19 heavy (non-hydrogen) atoms. The second-order valence-electron chi connectivity index (χ2n) is 3.88. The Morgan fingerprint density at radius 2 is 2.26 bits per heavy atom. The molecular weight excluding hydrogens is 272 g/mol. The van der Waals surface area contributed by atoms with Gasteiger partial charge in [0.05, 0.1) is 18.1 Å². The quantitative estimate of drug-likeness (QED) is 0.584. The fraction of sp³-hybridized carbons (Fsp3) is 0.400. The molecule has 0 aliphatic carbocycles. The third kappa shape index (κ3) is 2.83. The first-order valence-electron chi connectivity index (χ1n) is 5.42. The van der Waals surface area contributed by atoms with Crippen LogP contribution in [-0.4, -0.2) is 47.4 Å². The molecule has 0 aromatic carbocycles. The van der Waals surface area contributed by atoms with Crippen LogP contribution < -0.4 is 5.56 Å². The van der Waals surface area contributed by atoms with Gasteiger partial charge in [0.15, 0.2) is 10.8 Å². The summed E-state index contributed by atoms with van der Waals surface area (Å²) in [6.07, 6.45) is -1.34. The van der Waals surface area contributed by atoms with Crippen molar-refractivity contribution in [2.45, 2.75) is 19.1 Å². The number of aliphatic hydroxyl groups is 2. The Labute approximate surface area is 111 Å². The van der Waals surface area contributed by atoms with E-state index in [4.69, 9.17) is 0 Å². The van der Waals surface area contributed by atoms with Crippen molar-refractivity contribution < 1.29 is 15.0 Å². The lowest BCUT2D eigenvalue weighted by Crippen LogP contribution is -2.23. The van der Waals surface area contributed by atoms with Crippen molar-refractivity contribution in [3.8, 4) is 0 Å². The predicted molar refractivity (Wildman–Crippen MR) is 68.6 cm³/mol. The number of H-pyrrole nitrogens is 2. The van der Waals surface area contributed by atoms with Gasteiger partial charge in [-0.1, -0.05) is 11.8 Å². The standard InChI is InChI=1S/C10H12N4O4S/c1-4(15)19-2-5(16)8(17)7-6-9(14-13-7)11-3-12-10(6)18/h3,5,8,16-17H,2H2,1H3,(H2,11,12,13,14,18). The number of hydrogen-bond acceptors (Lipinski definition) is 7. The summed E-state index contributed by atoms with van der Waals surface area (Å²) >= 11 is 0.890. The summed E-state index contributed by atoms with van der Waals surface area (Å²) in [4.78, 5) is 28.6. The molecule has 0 aliphatic rings. The maximum atomic E-state index is 11.6. The van der Waals surface area contributed by atoms with E-state index in [1.807, 2.05) is 0 Å². The number of nitrogens with zero attached hydrogens (tertiary/aromatic N) is 2. The Morgan fingerprint density at radius 1 is 1.53 bits per heavy atom. The Morgan fingerprint density at radius 3 is 2.95 bits per heavy atom. The van der Waals surface area contributed by atoms with Crippen LogP contribution in [0.15, 0.2) is 11.1 Å². The molecule has 0 aliphatic heterocycles. The van der Waals surface area contributed by atoms with E-state index >= 15 is 0 Å². The highest BCUT2D eigenvalue weighted by Gasteiger charge is 2.24. The highest BCUT2D eigenvalue weighted by Crippen LogP contribution is 2.22. The minimum absolute atomic E-state index is 0.0230. The summed E-state index contributed by atoms with van der Waals surface area (Å²) in [6, 6.07) is 0. The van der Waals surface area contributed by atoms with Crippen molar-refractivity contribution >= 4 is 27.9 Å². The van der Waals surface area contributed by atoms with Gasteiger partial charge in [0.1, 0.15) is 11.5 Å². The zero-order chi connectivity index (χ0) is 14.0. The topological polar surface area (TPSA) is 132 Å². The van der Waals surface area contributed by atoms with E-state index in [0.29, 0.717) is 0 Å². The van der Waals surface area contributed by atoms with Crippen molar-refractivity contribution in [2.75, 3.05) is 5.75 Å². The van der Waals surface area contributed by atoms with E-state index in [-0.39, 0.29) is 27.6 Å². The molecular formula is C10H12N4O4S. The summed E-state index contributed by atoms with van der Waals surface area (Å²) in [5.41, 5.74) is -0.218. The molecule has 0 amide bonds. The highest BCUT2D eigenvalue weighted by molar-refractivity contribution is 8.13. The van der Waals surface area contributed by atoms with Crippen molar-refractivity contribution in [3.63, 3.8) is 0 Å². The molecule has 0 bridgehead atoms. The molecule has 2 atom stereocenters. The molecule has 2 heterocycles. The lowest BCUT2D eigenvalue weighted by atomic mass is 10.1. The third-order valence-electron chi connectivity index (χ3n) is 2.50. The number of carbonyl (C=O) groups is 1. The summed E-state index contributed by atoms with van der Waals surface area (Å²) < 4.78 is 0. The molecule has 2 aromatic rings. The van der Waals surface area contributed by atoms with Gasteiger partial charge in [-0.25, -0.2) is 4.98 Å². The minimum Gasteiger partial charge on any atom is -0.389 e. The highest BCUT2D eigenvalue weighted by atomic mass is 32.2. The number of aliphatic hydroxyl groups excluding tert-OH is 2. The molecule has 0 radical (unpaired) electrons. The molecule has 102 valence electrons. The third-order valence-corrected chi connectivity index (χ3v) is 3.42. The summed E-state index contributed by atoms with van der Waals surface area (Å²) in [6.45, 7) is 1.37. The maximum absolute atomic E-state index is 11.6. The lowest BCUT2D eigenvalue weighted by Gasteiger charge is -2.15. The largest absolute Gasteiger partial charge is 0.389 e. The maximum Gasteiger partial charge on any atom is 0.262 e. The SMILES string of the molecule is CC(=O)SCC(O)C(O)c1[nH]nc2nc[nH]c(=O)c12. The van der Waals surface area contributed by atoms with Gasteiger partial charge in [-0.15, -0.1) is 0 Å². The van der Waals surface area contributed by atoms with E-state index < -0.39 is 17.8 Å². The van der Waals surface area contributed by atoms with Gasteiger partial charge in [0.25, 0.3) is 5.56 Å². The van der Waals surface area contributed by atoms with E-state index in [0.717, 1.165) is 11.8 Å². The van der Waals surface area contributed by atoms with Crippen LogP contribution in [0.1, 0.15) is 18.7 Å². The first kappa shape index (κ1) is 13.7. The smallest absolute Gasteiger partial charge is 0.262 e. The fourth-order valence-electron chi connectivity index (χ4n) is 1.59. The Bertz CT molecular complexity index is 652. The predicted octanol–water partition coefficient (Wildman–Crippen LogP) is -0.680. The Balaban J connectivity index is 2.29. The van der Waals surface area contributed by atoms with Crippen molar-refractivity contribution in [1.29, 1.82) is 0 Å². The zero-order valence-electron chi connectivity index (χ0n) is 9.95. The molecule has 4 N–H and O–H groups in total. The molecule has 0 fully saturated rings. The summed E-state index contributed by atoms with van der Waals surface area (Å²) in [7, 11) is 0. The minimum atomic E-state index is -1.35. The number of hydrogen-bond donors (Lipinski definition) is 4. The molecule has 9 heteroatoms. The van der Waals surface area contributed by atoms with Crippen LogP contribution in [0.25, 0.3) is 11.0 Å².